The van der Waals surface area contributed by atoms with E-state index in [1.807, 2.05) is 0 Å². The summed E-state index contributed by atoms with van der Waals surface area (Å²) < 4.78 is 5.66. The van der Waals surface area contributed by atoms with Gasteiger partial charge in [0.25, 0.3) is 5.91 Å². The number of rotatable bonds is 5. The molecular formula is C23H27ClN4O3. The average molecular weight is 443 g/mol. The van der Waals surface area contributed by atoms with Crippen LogP contribution in [0.3, 0.4) is 0 Å². The molecule has 1 saturated heterocycles. The van der Waals surface area contributed by atoms with Gasteiger partial charge in [-0.2, -0.15) is 0 Å². The fraction of sp³-hybridized carbons (Fsp3) is 0.435. The zero-order chi connectivity index (χ0) is 21.8. The van der Waals surface area contributed by atoms with Crippen molar-refractivity contribution in [3.63, 3.8) is 0 Å². The number of ether oxygens (including phenoxy) is 1. The molecule has 1 aliphatic carbocycles. The maximum absolute atomic E-state index is 12.7. The average Bonchev–Trinajstić information content (AvgIpc) is 3.38. The van der Waals surface area contributed by atoms with E-state index in [0.29, 0.717) is 34.1 Å². The van der Waals surface area contributed by atoms with Crippen LogP contribution in [-0.4, -0.2) is 47.1 Å². The summed E-state index contributed by atoms with van der Waals surface area (Å²) in [6, 6.07) is 10.7. The van der Waals surface area contributed by atoms with Crippen LogP contribution in [0.4, 0.5) is 16.3 Å². The zero-order valence-corrected chi connectivity index (χ0v) is 18.3. The smallest absolute Gasteiger partial charge is 0.411 e. The summed E-state index contributed by atoms with van der Waals surface area (Å²) in [6.07, 6.45) is 5.39. The summed E-state index contributed by atoms with van der Waals surface area (Å²) in [5.41, 5.74) is 0.710. The highest BCUT2D eigenvalue weighted by Crippen LogP contribution is 2.32. The van der Waals surface area contributed by atoms with Gasteiger partial charge in [0.1, 0.15) is 11.9 Å². The van der Waals surface area contributed by atoms with Gasteiger partial charge in [-0.3, -0.25) is 15.0 Å². The number of nitrogens with one attached hydrogen (secondary N) is 2. The van der Waals surface area contributed by atoms with Gasteiger partial charge < -0.3 is 10.1 Å². The van der Waals surface area contributed by atoms with Crippen molar-refractivity contribution >= 4 is 35.1 Å². The van der Waals surface area contributed by atoms with E-state index in [9.17, 15) is 9.59 Å². The van der Waals surface area contributed by atoms with Crippen molar-refractivity contribution in [3.8, 4) is 0 Å². The highest BCUT2D eigenvalue weighted by atomic mass is 35.5. The molecule has 1 aliphatic heterocycles. The van der Waals surface area contributed by atoms with Crippen LogP contribution in [0.25, 0.3) is 0 Å². The second kappa shape index (κ2) is 9.66. The normalized spacial score (nSPS) is 23.5. The molecule has 2 aromatic rings. The van der Waals surface area contributed by atoms with Crippen molar-refractivity contribution in [2.75, 3.05) is 23.7 Å². The number of halogens is 1. The molecule has 2 aliphatic rings. The third-order valence-electron chi connectivity index (χ3n) is 6.11. The Morgan fingerprint density at radius 3 is 2.71 bits per heavy atom. The predicted octanol–water partition coefficient (Wildman–Crippen LogP) is 4.80. The quantitative estimate of drug-likeness (QED) is 0.694. The molecule has 4 rings (SSSR count). The van der Waals surface area contributed by atoms with Gasteiger partial charge in [0.05, 0.1) is 16.3 Å². The minimum atomic E-state index is -0.545. The molecule has 2 N–H and O–H groups in total. The fourth-order valence-corrected chi connectivity index (χ4v) is 4.65. The standard InChI is InChI=1S/C23H27ClN4O3/c1-15-5-4-8-20(15)28-12-11-17(14-28)31-23(30)26-19-7-3-2-6-18(19)22(29)27-21-10-9-16(24)13-25-21/h2-3,6-7,9-10,13,15,17,20H,4-5,8,11-12,14H2,1H3,(H,26,30)(H,25,27,29). The number of carbonyl (C=O) groups excluding carboxylic acids is 2. The largest absolute Gasteiger partial charge is 0.445 e. The predicted molar refractivity (Wildman–Crippen MR) is 121 cm³/mol. The highest BCUT2D eigenvalue weighted by molar-refractivity contribution is 6.30. The van der Waals surface area contributed by atoms with E-state index in [4.69, 9.17) is 16.3 Å². The maximum atomic E-state index is 12.7. The summed E-state index contributed by atoms with van der Waals surface area (Å²) >= 11 is 5.83. The summed E-state index contributed by atoms with van der Waals surface area (Å²) in [5, 5.41) is 5.91. The Hall–Kier alpha value is -2.64. The Morgan fingerprint density at radius 1 is 1.13 bits per heavy atom. The summed E-state index contributed by atoms with van der Waals surface area (Å²) in [7, 11) is 0. The van der Waals surface area contributed by atoms with Crippen molar-refractivity contribution in [2.24, 2.45) is 5.92 Å². The molecule has 1 aromatic carbocycles. The number of nitrogens with zero attached hydrogens (tertiary/aromatic N) is 2. The molecule has 2 heterocycles. The first-order valence-electron chi connectivity index (χ1n) is 10.7. The molecule has 0 bridgehead atoms. The van der Waals surface area contributed by atoms with Gasteiger partial charge in [-0.25, -0.2) is 9.78 Å². The number of aromatic nitrogens is 1. The van der Waals surface area contributed by atoms with Crippen molar-refractivity contribution in [2.45, 2.75) is 44.8 Å². The molecule has 1 aromatic heterocycles. The second-order valence-corrected chi connectivity index (χ2v) is 8.71. The lowest BCUT2D eigenvalue weighted by Crippen LogP contribution is -2.36. The maximum Gasteiger partial charge on any atom is 0.411 e. The molecule has 31 heavy (non-hydrogen) atoms. The SMILES string of the molecule is CC1CCCC1N1CCC(OC(=O)Nc2ccccc2C(=O)Nc2ccc(Cl)cn2)C1. The molecule has 3 unspecified atom stereocenters. The lowest BCUT2D eigenvalue weighted by molar-refractivity contribution is 0.102. The number of benzene rings is 1. The first-order valence-corrected chi connectivity index (χ1v) is 11.1. The van der Waals surface area contributed by atoms with E-state index >= 15 is 0 Å². The van der Waals surface area contributed by atoms with Gasteiger partial charge in [-0.1, -0.05) is 37.1 Å². The van der Waals surface area contributed by atoms with E-state index in [0.717, 1.165) is 19.5 Å². The van der Waals surface area contributed by atoms with Gasteiger partial charge in [0.2, 0.25) is 0 Å². The van der Waals surface area contributed by atoms with E-state index in [-0.39, 0.29) is 12.0 Å². The van der Waals surface area contributed by atoms with E-state index in [1.54, 1.807) is 36.4 Å². The minimum absolute atomic E-state index is 0.132. The van der Waals surface area contributed by atoms with Crippen molar-refractivity contribution in [1.29, 1.82) is 0 Å². The number of carbonyl (C=O) groups is 2. The Balaban J connectivity index is 1.34. The van der Waals surface area contributed by atoms with Crippen molar-refractivity contribution < 1.29 is 14.3 Å². The number of hydrogen-bond donors (Lipinski definition) is 2. The van der Waals surface area contributed by atoms with Crippen LogP contribution in [-0.2, 0) is 4.74 Å². The molecular weight excluding hydrogens is 416 g/mol. The van der Waals surface area contributed by atoms with Crippen LogP contribution < -0.4 is 10.6 Å². The minimum Gasteiger partial charge on any atom is -0.445 e. The summed E-state index contributed by atoms with van der Waals surface area (Å²) in [4.78, 5) is 31.7. The van der Waals surface area contributed by atoms with Crippen LogP contribution >= 0.6 is 11.6 Å². The number of para-hydroxylation sites is 1. The van der Waals surface area contributed by atoms with Gasteiger partial charge in [0, 0.05) is 25.3 Å². The van der Waals surface area contributed by atoms with Crippen LogP contribution in [0.1, 0.15) is 43.0 Å². The van der Waals surface area contributed by atoms with E-state index in [1.165, 1.54) is 25.5 Å². The van der Waals surface area contributed by atoms with Crippen LogP contribution in [0.5, 0.6) is 0 Å². The third-order valence-corrected chi connectivity index (χ3v) is 6.34. The molecule has 0 spiro atoms. The Kier molecular flexibility index (Phi) is 6.73. The first-order chi connectivity index (χ1) is 15.0. The van der Waals surface area contributed by atoms with Crippen LogP contribution in [0, 0.1) is 5.92 Å². The monoisotopic (exact) mass is 442 g/mol. The van der Waals surface area contributed by atoms with Gasteiger partial charge in [-0.05, 0) is 49.4 Å². The van der Waals surface area contributed by atoms with Crippen LogP contribution in [0.2, 0.25) is 5.02 Å². The van der Waals surface area contributed by atoms with Crippen molar-refractivity contribution in [3.05, 3.63) is 53.2 Å². The van der Waals surface area contributed by atoms with Gasteiger partial charge >= 0.3 is 6.09 Å². The van der Waals surface area contributed by atoms with Gasteiger partial charge in [-0.15, -0.1) is 0 Å². The number of pyridine rings is 1. The molecule has 164 valence electrons. The third kappa shape index (κ3) is 5.35. The molecule has 8 heteroatoms. The van der Waals surface area contributed by atoms with Crippen molar-refractivity contribution in [1.82, 2.24) is 9.88 Å². The van der Waals surface area contributed by atoms with Crippen LogP contribution in [0.15, 0.2) is 42.6 Å². The molecule has 0 radical (unpaired) electrons. The topological polar surface area (TPSA) is 83.6 Å². The molecule has 1 saturated carbocycles. The Labute approximate surface area is 187 Å². The molecule has 3 atom stereocenters. The number of anilines is 2. The van der Waals surface area contributed by atoms with E-state index in [2.05, 4.69) is 27.4 Å². The fourth-order valence-electron chi connectivity index (χ4n) is 4.53. The second-order valence-electron chi connectivity index (χ2n) is 8.27. The number of amides is 2. The molecule has 7 nitrogen and oxygen atoms in total. The highest BCUT2D eigenvalue weighted by Gasteiger charge is 2.35. The summed E-state index contributed by atoms with van der Waals surface area (Å²) in [5.74, 6) is 0.694. The number of hydrogen-bond acceptors (Lipinski definition) is 5. The first kappa shape index (κ1) is 21.6. The Bertz CT molecular complexity index is 937. The van der Waals surface area contributed by atoms with Gasteiger partial charge in [0.15, 0.2) is 0 Å². The molecule has 2 amide bonds. The Morgan fingerprint density at radius 2 is 1.97 bits per heavy atom. The van der Waals surface area contributed by atoms with E-state index < -0.39 is 6.09 Å². The molecule has 2 fully saturated rings. The number of likely N-dealkylation sites (tertiary alicyclic amines) is 1. The summed E-state index contributed by atoms with van der Waals surface area (Å²) in [6.45, 7) is 4.03. The lowest BCUT2D eigenvalue weighted by Gasteiger charge is -2.27. The zero-order valence-electron chi connectivity index (χ0n) is 17.5. The lowest BCUT2D eigenvalue weighted by atomic mass is 10.1.